The maximum Gasteiger partial charge on any atom is 0.255 e. The number of fused-ring (bicyclic) bond motifs is 2. The van der Waals surface area contributed by atoms with Gasteiger partial charge in [-0.05, 0) is 30.4 Å². The van der Waals surface area contributed by atoms with E-state index < -0.39 is 0 Å². The standard InChI is InChI=1S/C20H22N4O/c1-13-7-6-10-22-16-12-24-17(11-15(13)16)18(20(25)21-2)19(23-24)14-8-4-3-5-9-14/h3-5,8-9,11-13,22H,6-7,10H2,1-2H3,(H,21,25). The molecule has 1 aromatic carbocycles. The number of pyridine rings is 1. The second-order valence-electron chi connectivity index (χ2n) is 6.61. The fraction of sp³-hybridized carbons (Fsp3) is 0.300. The zero-order chi connectivity index (χ0) is 17.4. The molecule has 128 valence electrons. The van der Waals surface area contributed by atoms with Crippen molar-refractivity contribution in [1.82, 2.24) is 14.9 Å². The Kier molecular flexibility index (Phi) is 3.92. The zero-order valence-corrected chi connectivity index (χ0v) is 14.5. The second-order valence-corrected chi connectivity index (χ2v) is 6.61. The van der Waals surface area contributed by atoms with E-state index in [1.165, 1.54) is 5.56 Å². The molecule has 1 aliphatic rings. The number of benzene rings is 1. The molecule has 4 rings (SSSR count). The number of anilines is 1. The molecule has 0 fully saturated rings. The molecule has 2 N–H and O–H groups in total. The minimum absolute atomic E-state index is 0.108. The van der Waals surface area contributed by atoms with Crippen LogP contribution in [0.5, 0.6) is 0 Å². The fourth-order valence-electron chi connectivity index (χ4n) is 3.60. The van der Waals surface area contributed by atoms with E-state index >= 15 is 0 Å². The summed E-state index contributed by atoms with van der Waals surface area (Å²) >= 11 is 0. The van der Waals surface area contributed by atoms with E-state index in [-0.39, 0.29) is 5.91 Å². The van der Waals surface area contributed by atoms with Crippen molar-refractivity contribution in [1.29, 1.82) is 0 Å². The fourth-order valence-corrected chi connectivity index (χ4v) is 3.60. The van der Waals surface area contributed by atoms with Gasteiger partial charge in [-0.15, -0.1) is 0 Å². The molecular formula is C20H22N4O. The number of carbonyl (C=O) groups excluding carboxylic acids is 1. The first-order valence-electron chi connectivity index (χ1n) is 8.76. The number of nitrogens with one attached hydrogen (secondary N) is 2. The van der Waals surface area contributed by atoms with Crippen molar-refractivity contribution in [3.05, 3.63) is 53.7 Å². The lowest BCUT2D eigenvalue weighted by Crippen LogP contribution is -2.18. The smallest absolute Gasteiger partial charge is 0.255 e. The molecule has 0 aliphatic carbocycles. The van der Waals surface area contributed by atoms with Gasteiger partial charge < -0.3 is 10.6 Å². The molecular weight excluding hydrogens is 312 g/mol. The maximum absolute atomic E-state index is 12.6. The first-order valence-corrected chi connectivity index (χ1v) is 8.76. The lowest BCUT2D eigenvalue weighted by atomic mass is 9.96. The molecule has 5 heteroatoms. The molecule has 0 saturated carbocycles. The van der Waals surface area contributed by atoms with Crippen LogP contribution in [-0.2, 0) is 0 Å². The van der Waals surface area contributed by atoms with Gasteiger partial charge in [-0.25, -0.2) is 4.52 Å². The third kappa shape index (κ3) is 2.65. The largest absolute Gasteiger partial charge is 0.384 e. The number of rotatable bonds is 2. The predicted molar refractivity (Wildman–Crippen MR) is 100 cm³/mol. The Morgan fingerprint density at radius 2 is 2.12 bits per heavy atom. The number of hydrogen-bond donors (Lipinski definition) is 2. The van der Waals surface area contributed by atoms with Gasteiger partial charge in [0.15, 0.2) is 0 Å². The van der Waals surface area contributed by atoms with Gasteiger partial charge in [-0.3, -0.25) is 4.79 Å². The molecule has 0 radical (unpaired) electrons. The van der Waals surface area contributed by atoms with Gasteiger partial charge >= 0.3 is 0 Å². The van der Waals surface area contributed by atoms with Crippen LogP contribution >= 0.6 is 0 Å². The Labute approximate surface area is 147 Å². The SMILES string of the molecule is CNC(=O)c1c(-c2ccccc2)nn2cc3c(cc12)C(C)CCCN3. The molecule has 1 amide bonds. The van der Waals surface area contributed by atoms with Gasteiger partial charge in [-0.1, -0.05) is 37.3 Å². The van der Waals surface area contributed by atoms with E-state index in [0.29, 0.717) is 17.2 Å². The molecule has 2 aromatic heterocycles. The molecule has 1 unspecified atom stereocenters. The summed E-state index contributed by atoms with van der Waals surface area (Å²) in [6.45, 7) is 3.22. The number of nitrogens with zero attached hydrogens (tertiary/aromatic N) is 2. The van der Waals surface area contributed by atoms with Crippen LogP contribution in [0.25, 0.3) is 16.8 Å². The molecule has 5 nitrogen and oxygen atoms in total. The monoisotopic (exact) mass is 334 g/mol. The Hall–Kier alpha value is -2.82. The van der Waals surface area contributed by atoms with Crippen LogP contribution in [0.4, 0.5) is 5.69 Å². The normalized spacial score (nSPS) is 16.8. The minimum Gasteiger partial charge on any atom is -0.384 e. The van der Waals surface area contributed by atoms with Crippen molar-refractivity contribution in [3.63, 3.8) is 0 Å². The van der Waals surface area contributed by atoms with Crippen LogP contribution in [-0.4, -0.2) is 29.1 Å². The lowest BCUT2D eigenvalue weighted by Gasteiger charge is -2.13. The topological polar surface area (TPSA) is 58.4 Å². The highest BCUT2D eigenvalue weighted by Gasteiger charge is 2.23. The maximum atomic E-state index is 12.6. The average Bonchev–Trinajstić information content (AvgIpc) is 2.92. The molecule has 3 aromatic rings. The Bertz CT molecular complexity index is 930. The van der Waals surface area contributed by atoms with E-state index in [2.05, 4.69) is 23.6 Å². The van der Waals surface area contributed by atoms with Crippen LogP contribution in [0.1, 0.15) is 41.6 Å². The Morgan fingerprint density at radius 3 is 2.88 bits per heavy atom. The summed E-state index contributed by atoms with van der Waals surface area (Å²) in [4.78, 5) is 12.6. The van der Waals surface area contributed by atoms with Crippen molar-refractivity contribution in [3.8, 4) is 11.3 Å². The highest BCUT2D eigenvalue weighted by Crippen LogP contribution is 2.34. The summed E-state index contributed by atoms with van der Waals surface area (Å²) in [6.07, 6.45) is 4.31. The summed E-state index contributed by atoms with van der Waals surface area (Å²) in [5.74, 6) is 0.352. The van der Waals surface area contributed by atoms with Crippen molar-refractivity contribution < 1.29 is 4.79 Å². The third-order valence-corrected chi connectivity index (χ3v) is 4.96. The first kappa shape index (κ1) is 15.7. The van der Waals surface area contributed by atoms with E-state index in [1.54, 1.807) is 7.05 Å². The molecule has 0 spiro atoms. The summed E-state index contributed by atoms with van der Waals surface area (Å²) in [7, 11) is 1.66. The van der Waals surface area contributed by atoms with Crippen LogP contribution in [0.3, 0.4) is 0 Å². The van der Waals surface area contributed by atoms with Crippen LogP contribution in [0, 0.1) is 0 Å². The van der Waals surface area contributed by atoms with Gasteiger partial charge in [0, 0.05) is 19.2 Å². The minimum atomic E-state index is -0.108. The van der Waals surface area contributed by atoms with Crippen LogP contribution in [0.2, 0.25) is 0 Å². The second kappa shape index (κ2) is 6.24. The quantitative estimate of drug-likeness (QED) is 0.752. The Morgan fingerprint density at radius 1 is 1.32 bits per heavy atom. The van der Waals surface area contributed by atoms with E-state index in [9.17, 15) is 4.79 Å². The molecule has 0 bridgehead atoms. The first-order chi connectivity index (χ1) is 12.2. The molecule has 1 atom stereocenters. The number of amides is 1. The highest BCUT2D eigenvalue weighted by molar-refractivity contribution is 6.06. The summed E-state index contributed by atoms with van der Waals surface area (Å²) in [5, 5.41) is 11.0. The van der Waals surface area contributed by atoms with Crippen LogP contribution < -0.4 is 10.6 Å². The molecule has 1 aliphatic heterocycles. The molecule has 3 heterocycles. The molecule has 0 saturated heterocycles. The lowest BCUT2D eigenvalue weighted by molar-refractivity contribution is 0.0965. The van der Waals surface area contributed by atoms with Crippen molar-refractivity contribution in [2.75, 3.05) is 18.9 Å². The van der Waals surface area contributed by atoms with Gasteiger partial charge in [0.2, 0.25) is 0 Å². The van der Waals surface area contributed by atoms with Crippen molar-refractivity contribution in [2.45, 2.75) is 25.7 Å². The number of hydrogen-bond acceptors (Lipinski definition) is 3. The summed E-state index contributed by atoms with van der Waals surface area (Å²) in [6, 6.07) is 12.0. The van der Waals surface area contributed by atoms with E-state index in [1.807, 2.05) is 41.0 Å². The summed E-state index contributed by atoms with van der Waals surface area (Å²) < 4.78 is 1.83. The average molecular weight is 334 g/mol. The van der Waals surface area contributed by atoms with Gasteiger partial charge in [0.05, 0.1) is 23.0 Å². The van der Waals surface area contributed by atoms with E-state index in [4.69, 9.17) is 5.10 Å². The summed E-state index contributed by atoms with van der Waals surface area (Å²) in [5.41, 5.74) is 5.52. The van der Waals surface area contributed by atoms with Gasteiger partial charge in [0.1, 0.15) is 5.69 Å². The van der Waals surface area contributed by atoms with Gasteiger partial charge in [0.25, 0.3) is 5.91 Å². The third-order valence-electron chi connectivity index (χ3n) is 4.96. The molecule has 25 heavy (non-hydrogen) atoms. The Balaban J connectivity index is 1.99. The predicted octanol–water partition coefficient (Wildman–Crippen LogP) is 3.67. The van der Waals surface area contributed by atoms with Crippen molar-refractivity contribution >= 4 is 17.1 Å². The van der Waals surface area contributed by atoms with Crippen LogP contribution in [0.15, 0.2) is 42.6 Å². The number of aromatic nitrogens is 2. The highest BCUT2D eigenvalue weighted by atomic mass is 16.1. The zero-order valence-electron chi connectivity index (χ0n) is 14.5. The van der Waals surface area contributed by atoms with Gasteiger partial charge in [-0.2, -0.15) is 5.10 Å². The van der Waals surface area contributed by atoms with E-state index in [0.717, 1.165) is 36.2 Å². The van der Waals surface area contributed by atoms with Crippen molar-refractivity contribution in [2.24, 2.45) is 0 Å². The number of carbonyl (C=O) groups is 1.